The minimum Gasteiger partial charge on any atom is -0.388 e. The summed E-state index contributed by atoms with van der Waals surface area (Å²) in [6, 6.07) is 11.2. The van der Waals surface area contributed by atoms with Gasteiger partial charge < -0.3 is 10.4 Å². The van der Waals surface area contributed by atoms with Crippen LogP contribution in [-0.2, 0) is 4.79 Å². The highest BCUT2D eigenvalue weighted by Gasteiger charge is 2.21. The molecular weight excluding hydrogens is 380 g/mol. The number of carbonyl (C=O) groups excluding carboxylic acids is 2. The molecular formula is C19H14Cl2FNO3. The van der Waals surface area contributed by atoms with Gasteiger partial charge in [-0.25, -0.2) is 4.39 Å². The Labute approximate surface area is 158 Å². The molecule has 134 valence electrons. The Kier molecular flexibility index (Phi) is 5.41. The zero-order chi connectivity index (χ0) is 18.8. The van der Waals surface area contributed by atoms with E-state index in [4.69, 9.17) is 23.2 Å². The number of anilines is 1. The Hall–Kier alpha value is -2.21. The highest BCUT2D eigenvalue weighted by Crippen LogP contribution is 2.35. The molecule has 7 heteroatoms. The number of aliphatic hydroxyl groups excluding tert-OH is 1. The zero-order valence-electron chi connectivity index (χ0n) is 13.4. The molecule has 0 radical (unpaired) electrons. The van der Waals surface area contributed by atoms with Crippen molar-refractivity contribution in [2.45, 2.75) is 11.6 Å². The van der Waals surface area contributed by atoms with E-state index in [1.165, 1.54) is 12.1 Å². The predicted molar refractivity (Wildman–Crippen MR) is 102 cm³/mol. The smallest absolute Gasteiger partial charge is 0.226 e. The lowest BCUT2D eigenvalue weighted by Gasteiger charge is -2.20. The van der Waals surface area contributed by atoms with Crippen LogP contribution < -0.4 is 5.32 Å². The van der Waals surface area contributed by atoms with E-state index in [-0.39, 0.29) is 23.1 Å². The molecule has 0 aliphatic carbocycles. The van der Waals surface area contributed by atoms with Gasteiger partial charge >= 0.3 is 0 Å². The highest BCUT2D eigenvalue weighted by molar-refractivity contribution is 6.40. The van der Waals surface area contributed by atoms with Crippen LogP contribution in [0.1, 0.15) is 10.4 Å². The Morgan fingerprint density at radius 1 is 1.23 bits per heavy atom. The van der Waals surface area contributed by atoms with Crippen molar-refractivity contribution in [3.63, 3.8) is 0 Å². The molecule has 4 nitrogen and oxygen atoms in total. The first kappa shape index (κ1) is 18.6. The van der Waals surface area contributed by atoms with Gasteiger partial charge in [-0.15, -0.1) is 11.6 Å². The standard InChI is InChI=1S/C19H14Cl2FNO3/c20-8-15(25)19(21)23-14-6-5-13(22)17-12(14)7-10-3-1-2-4-11(10)18(17)16(26)9-24/h1-7,9,15,19,23,25H,8H2. The second kappa shape index (κ2) is 7.58. The van der Waals surface area contributed by atoms with Crippen LogP contribution in [0.2, 0.25) is 0 Å². The number of halogens is 3. The molecule has 0 saturated carbocycles. The predicted octanol–water partition coefficient (Wildman–Crippen LogP) is 4.09. The zero-order valence-corrected chi connectivity index (χ0v) is 14.9. The van der Waals surface area contributed by atoms with Crippen LogP contribution in [0, 0.1) is 5.82 Å². The van der Waals surface area contributed by atoms with Crippen molar-refractivity contribution in [1.82, 2.24) is 0 Å². The Morgan fingerprint density at radius 3 is 2.65 bits per heavy atom. The van der Waals surface area contributed by atoms with Crippen molar-refractivity contribution in [3.05, 3.63) is 53.8 Å². The monoisotopic (exact) mass is 393 g/mol. The Morgan fingerprint density at radius 2 is 1.96 bits per heavy atom. The summed E-state index contributed by atoms with van der Waals surface area (Å²) in [4.78, 5) is 23.4. The molecule has 0 fully saturated rings. The maximum Gasteiger partial charge on any atom is 0.226 e. The van der Waals surface area contributed by atoms with Gasteiger partial charge in [-0.2, -0.15) is 0 Å². The van der Waals surface area contributed by atoms with Gasteiger partial charge in [0.1, 0.15) is 17.4 Å². The molecule has 2 N–H and O–H groups in total. The lowest BCUT2D eigenvalue weighted by Crippen LogP contribution is -2.29. The number of aliphatic hydroxyl groups is 1. The number of nitrogens with one attached hydrogen (secondary N) is 1. The average molecular weight is 394 g/mol. The van der Waals surface area contributed by atoms with Gasteiger partial charge in [0, 0.05) is 22.0 Å². The number of Topliss-reactive ketones (excluding diaryl/α,β-unsaturated/α-hetero) is 1. The molecule has 0 bridgehead atoms. The largest absolute Gasteiger partial charge is 0.388 e. The van der Waals surface area contributed by atoms with Crippen molar-refractivity contribution in [2.24, 2.45) is 0 Å². The lowest BCUT2D eigenvalue weighted by molar-refractivity contribution is -0.104. The van der Waals surface area contributed by atoms with Gasteiger partial charge in [-0.05, 0) is 29.0 Å². The van der Waals surface area contributed by atoms with Crippen LogP contribution >= 0.6 is 23.2 Å². The van der Waals surface area contributed by atoms with Gasteiger partial charge in [0.15, 0.2) is 6.29 Å². The van der Waals surface area contributed by atoms with Gasteiger partial charge in [-0.1, -0.05) is 35.9 Å². The first-order valence-electron chi connectivity index (χ1n) is 7.76. The van der Waals surface area contributed by atoms with Crippen molar-refractivity contribution in [3.8, 4) is 0 Å². The third kappa shape index (κ3) is 3.26. The minimum atomic E-state index is -1.03. The van der Waals surface area contributed by atoms with E-state index in [0.29, 0.717) is 21.8 Å². The van der Waals surface area contributed by atoms with E-state index in [1.54, 1.807) is 30.3 Å². The van der Waals surface area contributed by atoms with Crippen molar-refractivity contribution in [2.75, 3.05) is 11.2 Å². The molecule has 0 spiro atoms. The Balaban J connectivity index is 2.34. The molecule has 0 aromatic heterocycles. The summed E-state index contributed by atoms with van der Waals surface area (Å²) in [5.74, 6) is -1.53. The van der Waals surface area contributed by atoms with Crippen molar-refractivity contribution >= 4 is 62.5 Å². The maximum atomic E-state index is 14.6. The van der Waals surface area contributed by atoms with Crippen molar-refractivity contribution in [1.29, 1.82) is 0 Å². The molecule has 2 unspecified atom stereocenters. The number of hydrogen-bond donors (Lipinski definition) is 2. The molecule has 0 amide bonds. The summed E-state index contributed by atoms with van der Waals surface area (Å²) in [6.07, 6.45) is -0.863. The first-order valence-corrected chi connectivity index (χ1v) is 8.73. The van der Waals surface area contributed by atoms with Gasteiger partial charge in [0.25, 0.3) is 0 Å². The van der Waals surface area contributed by atoms with Gasteiger partial charge in [-0.3, -0.25) is 9.59 Å². The molecule has 3 rings (SSSR count). The minimum absolute atomic E-state index is 0.00161. The highest BCUT2D eigenvalue weighted by atomic mass is 35.5. The van der Waals surface area contributed by atoms with Gasteiger partial charge in [0.2, 0.25) is 5.78 Å². The number of hydrogen-bond acceptors (Lipinski definition) is 4. The molecule has 2 atom stereocenters. The van der Waals surface area contributed by atoms with Crippen LogP contribution in [-0.4, -0.2) is 34.7 Å². The fraction of sp³-hybridized carbons (Fsp3) is 0.158. The first-order chi connectivity index (χ1) is 12.5. The van der Waals surface area contributed by atoms with E-state index in [9.17, 15) is 19.1 Å². The summed E-state index contributed by atoms with van der Waals surface area (Å²) in [5, 5.41) is 14.2. The molecule has 0 saturated heterocycles. The van der Waals surface area contributed by atoms with E-state index < -0.39 is 23.2 Å². The summed E-state index contributed by atoms with van der Waals surface area (Å²) < 4.78 is 14.6. The third-order valence-corrected chi connectivity index (χ3v) is 4.83. The number of ketones is 1. The Bertz CT molecular complexity index is 1010. The maximum absolute atomic E-state index is 14.6. The second-order valence-electron chi connectivity index (χ2n) is 5.74. The summed E-state index contributed by atoms with van der Waals surface area (Å²) in [6.45, 7) is 0. The normalized spacial score (nSPS) is 13.5. The number of alkyl halides is 2. The van der Waals surface area contributed by atoms with Crippen LogP contribution in [0.25, 0.3) is 21.5 Å². The third-order valence-electron chi connectivity index (χ3n) is 4.12. The number of aldehydes is 1. The van der Waals surface area contributed by atoms with E-state index >= 15 is 0 Å². The number of carbonyl (C=O) groups is 2. The summed E-state index contributed by atoms with van der Waals surface area (Å²) in [5.41, 5.74) is -0.507. The van der Waals surface area contributed by atoms with Crippen LogP contribution in [0.5, 0.6) is 0 Å². The van der Waals surface area contributed by atoms with Crippen LogP contribution in [0.15, 0.2) is 42.5 Å². The van der Waals surface area contributed by atoms with E-state index in [0.717, 1.165) is 0 Å². The summed E-state index contributed by atoms with van der Waals surface area (Å²) >= 11 is 11.7. The lowest BCUT2D eigenvalue weighted by atomic mass is 9.93. The molecule has 3 aromatic carbocycles. The molecule has 0 aliphatic heterocycles. The van der Waals surface area contributed by atoms with Gasteiger partial charge in [0.05, 0.1) is 5.88 Å². The fourth-order valence-corrected chi connectivity index (χ4v) is 3.38. The number of rotatable bonds is 6. The molecule has 26 heavy (non-hydrogen) atoms. The molecule has 3 aromatic rings. The summed E-state index contributed by atoms with van der Waals surface area (Å²) in [7, 11) is 0. The SMILES string of the molecule is O=CC(=O)c1c2ccccc2cc2c(NC(Cl)C(O)CCl)ccc(F)c12. The van der Waals surface area contributed by atoms with Crippen LogP contribution in [0.4, 0.5) is 10.1 Å². The van der Waals surface area contributed by atoms with E-state index in [2.05, 4.69) is 5.32 Å². The molecule has 0 aliphatic rings. The topological polar surface area (TPSA) is 66.4 Å². The molecule has 0 heterocycles. The van der Waals surface area contributed by atoms with E-state index in [1.807, 2.05) is 0 Å². The average Bonchev–Trinajstić information content (AvgIpc) is 2.67. The fourth-order valence-electron chi connectivity index (χ4n) is 2.90. The quantitative estimate of drug-likeness (QED) is 0.165. The number of fused-ring (bicyclic) bond motifs is 2. The number of benzene rings is 3. The van der Waals surface area contributed by atoms with Crippen molar-refractivity contribution < 1.29 is 19.1 Å². The second-order valence-corrected chi connectivity index (χ2v) is 6.52. The van der Waals surface area contributed by atoms with Crippen LogP contribution in [0.3, 0.4) is 0 Å².